The minimum atomic E-state index is 0.130. The first-order chi connectivity index (χ1) is 15.9. The van der Waals surface area contributed by atoms with Crippen molar-refractivity contribution in [3.8, 4) is 33.5 Å². The Kier molecular flexibility index (Phi) is 5.88. The molecule has 8 heteroatoms. The third-order valence-electron chi connectivity index (χ3n) is 5.56. The van der Waals surface area contributed by atoms with Crippen LogP contribution in [0.2, 0.25) is 0 Å². The van der Waals surface area contributed by atoms with Crippen LogP contribution in [0, 0.1) is 0 Å². The number of ether oxygens (including phenoxy) is 2. The molecule has 0 aliphatic carbocycles. The lowest BCUT2D eigenvalue weighted by Crippen LogP contribution is -2.10. The summed E-state index contributed by atoms with van der Waals surface area (Å²) in [5, 5.41) is 13.0. The Morgan fingerprint density at radius 1 is 1.00 bits per heavy atom. The third-order valence-corrected chi connectivity index (χ3v) is 7.50. The van der Waals surface area contributed by atoms with E-state index in [1.165, 1.54) is 5.56 Å². The van der Waals surface area contributed by atoms with Crippen molar-refractivity contribution < 1.29 is 9.47 Å². The van der Waals surface area contributed by atoms with Gasteiger partial charge in [-0.3, -0.25) is 0 Å². The Hall–Kier alpha value is -2.84. The molecule has 3 heterocycles. The second-order valence-corrected chi connectivity index (χ2v) is 10.7. The summed E-state index contributed by atoms with van der Waals surface area (Å²) >= 11 is 3.30. The van der Waals surface area contributed by atoms with Gasteiger partial charge in [-0.2, -0.15) is 0 Å². The molecule has 0 spiro atoms. The summed E-state index contributed by atoms with van der Waals surface area (Å²) in [6.07, 6.45) is 0. The van der Waals surface area contributed by atoms with E-state index in [1.54, 1.807) is 23.1 Å². The summed E-state index contributed by atoms with van der Waals surface area (Å²) in [5.74, 6) is 3.20. The highest BCUT2D eigenvalue weighted by molar-refractivity contribution is 7.98. The Bertz CT molecular complexity index is 1270. The lowest BCUT2D eigenvalue weighted by molar-refractivity contribution is 0.174. The predicted octanol–water partition coefficient (Wildman–Crippen LogP) is 6.41. The summed E-state index contributed by atoms with van der Waals surface area (Å²) in [5.41, 5.74) is 4.59. The van der Waals surface area contributed by atoms with Gasteiger partial charge >= 0.3 is 0 Å². The minimum Gasteiger partial charge on any atom is -0.454 e. The fourth-order valence-corrected chi connectivity index (χ4v) is 5.50. The fourth-order valence-electron chi connectivity index (χ4n) is 3.69. The number of hydrogen-bond donors (Lipinski definition) is 0. The highest BCUT2D eigenvalue weighted by Gasteiger charge is 2.18. The van der Waals surface area contributed by atoms with Gasteiger partial charge in [-0.15, -0.1) is 21.5 Å². The Morgan fingerprint density at radius 3 is 2.52 bits per heavy atom. The Balaban J connectivity index is 1.30. The third kappa shape index (κ3) is 4.50. The van der Waals surface area contributed by atoms with Gasteiger partial charge in [0, 0.05) is 28.8 Å². The van der Waals surface area contributed by atoms with Crippen molar-refractivity contribution in [1.29, 1.82) is 0 Å². The molecular weight excluding hydrogens is 452 g/mol. The van der Waals surface area contributed by atoms with Gasteiger partial charge in [0.15, 0.2) is 22.5 Å². The van der Waals surface area contributed by atoms with Crippen LogP contribution in [0.1, 0.15) is 39.0 Å². The van der Waals surface area contributed by atoms with Gasteiger partial charge in [-0.05, 0) is 36.1 Å². The molecule has 6 nitrogen and oxygen atoms in total. The average Bonchev–Trinajstić information content (AvgIpc) is 3.55. The smallest absolute Gasteiger partial charge is 0.231 e. The standard InChI is InChI=1S/C25H26N4O2S2/c1-5-29-22(16-6-9-18(10-7-16)25(2,3)4)27-28-24(29)33-14-19-13-32-23(26-19)17-8-11-20-21(12-17)31-15-30-20/h6-13H,5,14-15H2,1-4H3. The van der Waals surface area contributed by atoms with Crippen molar-refractivity contribution in [2.45, 2.75) is 50.6 Å². The number of aromatic nitrogens is 4. The van der Waals surface area contributed by atoms with Crippen molar-refractivity contribution in [3.05, 3.63) is 59.1 Å². The number of thiazole rings is 1. The van der Waals surface area contributed by atoms with E-state index in [9.17, 15) is 0 Å². The molecule has 0 bridgehead atoms. The van der Waals surface area contributed by atoms with Gasteiger partial charge in [-0.1, -0.05) is 56.8 Å². The van der Waals surface area contributed by atoms with Crippen LogP contribution < -0.4 is 9.47 Å². The fraction of sp³-hybridized carbons (Fsp3) is 0.320. The van der Waals surface area contributed by atoms with Gasteiger partial charge in [0.25, 0.3) is 0 Å². The lowest BCUT2D eigenvalue weighted by atomic mass is 9.87. The van der Waals surface area contributed by atoms with Crippen molar-refractivity contribution in [2.24, 2.45) is 0 Å². The molecule has 0 unspecified atom stereocenters. The topological polar surface area (TPSA) is 62.1 Å². The molecule has 5 rings (SSSR count). The maximum absolute atomic E-state index is 5.49. The first kappa shape index (κ1) is 22.0. The highest BCUT2D eigenvalue weighted by atomic mass is 32.2. The molecule has 0 saturated carbocycles. The molecule has 0 radical (unpaired) electrons. The van der Waals surface area contributed by atoms with E-state index in [0.29, 0.717) is 0 Å². The van der Waals surface area contributed by atoms with E-state index < -0.39 is 0 Å². The van der Waals surface area contributed by atoms with Crippen molar-refractivity contribution in [2.75, 3.05) is 6.79 Å². The van der Waals surface area contributed by atoms with E-state index in [1.807, 2.05) is 18.2 Å². The van der Waals surface area contributed by atoms with E-state index >= 15 is 0 Å². The summed E-state index contributed by atoms with van der Waals surface area (Å²) < 4.78 is 13.1. The van der Waals surface area contributed by atoms with Gasteiger partial charge in [-0.25, -0.2) is 4.98 Å². The average molecular weight is 479 g/mol. The number of hydrogen-bond acceptors (Lipinski definition) is 7. The van der Waals surface area contributed by atoms with E-state index in [2.05, 4.69) is 72.1 Å². The van der Waals surface area contributed by atoms with E-state index in [-0.39, 0.29) is 12.2 Å². The maximum atomic E-state index is 5.49. The van der Waals surface area contributed by atoms with Crippen LogP contribution in [0.4, 0.5) is 0 Å². The maximum Gasteiger partial charge on any atom is 0.231 e. The highest BCUT2D eigenvalue weighted by Crippen LogP contribution is 2.37. The largest absolute Gasteiger partial charge is 0.454 e. The zero-order valence-electron chi connectivity index (χ0n) is 19.2. The van der Waals surface area contributed by atoms with Crippen LogP contribution in [-0.4, -0.2) is 26.5 Å². The van der Waals surface area contributed by atoms with Crippen LogP contribution in [0.15, 0.2) is 53.0 Å². The number of thioether (sulfide) groups is 1. The molecule has 0 amide bonds. The summed E-state index contributed by atoms with van der Waals surface area (Å²) in [7, 11) is 0. The van der Waals surface area contributed by atoms with Gasteiger partial charge in [0.2, 0.25) is 6.79 Å². The molecule has 170 valence electrons. The lowest BCUT2D eigenvalue weighted by Gasteiger charge is -2.19. The first-order valence-corrected chi connectivity index (χ1v) is 12.8. The summed E-state index contributed by atoms with van der Waals surface area (Å²) in [4.78, 5) is 4.82. The number of rotatable bonds is 6. The second-order valence-electron chi connectivity index (χ2n) is 8.88. The predicted molar refractivity (Wildman–Crippen MR) is 133 cm³/mol. The van der Waals surface area contributed by atoms with Crippen molar-refractivity contribution in [1.82, 2.24) is 19.7 Å². The molecule has 1 aliphatic rings. The molecule has 0 fully saturated rings. The first-order valence-electron chi connectivity index (χ1n) is 10.9. The molecule has 4 aromatic rings. The van der Waals surface area contributed by atoms with Crippen LogP contribution in [-0.2, 0) is 17.7 Å². The molecule has 33 heavy (non-hydrogen) atoms. The molecule has 2 aromatic carbocycles. The zero-order valence-corrected chi connectivity index (χ0v) is 20.8. The minimum absolute atomic E-state index is 0.130. The van der Waals surface area contributed by atoms with E-state index in [0.717, 1.165) is 56.6 Å². The molecule has 0 N–H and O–H groups in total. The summed E-state index contributed by atoms with van der Waals surface area (Å²) in [6.45, 7) is 9.89. The van der Waals surface area contributed by atoms with Crippen LogP contribution in [0.5, 0.6) is 11.5 Å². The Labute approximate surface area is 202 Å². The molecule has 0 saturated heterocycles. The van der Waals surface area contributed by atoms with Gasteiger partial charge in [0.05, 0.1) is 5.69 Å². The number of fused-ring (bicyclic) bond motifs is 1. The normalized spacial score (nSPS) is 13.0. The molecule has 2 aromatic heterocycles. The van der Waals surface area contributed by atoms with Crippen molar-refractivity contribution in [3.63, 3.8) is 0 Å². The van der Waals surface area contributed by atoms with Crippen LogP contribution >= 0.6 is 23.1 Å². The SMILES string of the molecule is CCn1c(SCc2csc(-c3ccc4c(c3)OCO4)n2)nnc1-c1ccc(C(C)(C)C)cc1. The van der Waals surface area contributed by atoms with E-state index in [4.69, 9.17) is 14.5 Å². The quantitative estimate of drug-likeness (QED) is 0.299. The zero-order chi connectivity index (χ0) is 23.0. The number of nitrogens with zero attached hydrogens (tertiary/aromatic N) is 4. The van der Waals surface area contributed by atoms with Crippen LogP contribution in [0.25, 0.3) is 22.0 Å². The van der Waals surface area contributed by atoms with Gasteiger partial charge < -0.3 is 14.0 Å². The second kappa shape index (κ2) is 8.83. The Morgan fingerprint density at radius 2 is 1.76 bits per heavy atom. The van der Waals surface area contributed by atoms with Crippen LogP contribution in [0.3, 0.4) is 0 Å². The van der Waals surface area contributed by atoms with Gasteiger partial charge in [0.1, 0.15) is 5.01 Å². The molecule has 1 aliphatic heterocycles. The number of benzene rings is 2. The monoisotopic (exact) mass is 478 g/mol. The molecular formula is C25H26N4O2S2. The molecule has 0 atom stereocenters. The summed E-state index contributed by atoms with van der Waals surface area (Å²) in [6, 6.07) is 14.6. The van der Waals surface area contributed by atoms with Crippen molar-refractivity contribution >= 4 is 23.1 Å².